The minimum absolute atomic E-state index is 0.131. The van der Waals surface area contributed by atoms with Crippen molar-refractivity contribution in [3.05, 3.63) is 75.2 Å². The predicted molar refractivity (Wildman–Crippen MR) is 116 cm³/mol. The average molecular weight is 450 g/mol. The molecule has 0 bridgehead atoms. The Morgan fingerprint density at radius 1 is 1.17 bits per heavy atom. The third kappa shape index (κ3) is 5.93. The molecule has 0 saturated heterocycles. The first kappa shape index (κ1) is 21.1. The first-order valence-electron chi connectivity index (χ1n) is 8.62. The van der Waals surface area contributed by atoms with Crippen LogP contribution in [0.3, 0.4) is 0 Å². The number of hydrogen-bond acceptors (Lipinski definition) is 6. The van der Waals surface area contributed by atoms with E-state index in [9.17, 15) is 9.59 Å². The summed E-state index contributed by atoms with van der Waals surface area (Å²) in [4.78, 5) is 28.8. The number of benzene rings is 2. The Morgan fingerprint density at radius 2 is 1.93 bits per heavy atom. The number of carbonyl (C=O) groups excluding carboxylic acids is 2. The number of rotatable bonds is 7. The molecular formula is C20H17Cl2N3O3S. The molecule has 29 heavy (non-hydrogen) atoms. The zero-order valence-corrected chi connectivity index (χ0v) is 17.6. The highest BCUT2D eigenvalue weighted by Crippen LogP contribution is 2.25. The number of nitrogens with zero attached hydrogens (tertiary/aromatic N) is 1. The maximum absolute atomic E-state index is 12.3. The molecule has 1 amide bonds. The lowest BCUT2D eigenvalue weighted by molar-refractivity contribution is -0.123. The Bertz CT molecular complexity index is 1010. The van der Waals surface area contributed by atoms with Gasteiger partial charge in [-0.1, -0.05) is 53.5 Å². The Balaban J connectivity index is 1.54. The minimum Gasteiger partial charge on any atom is -0.448 e. The third-order valence-corrected chi connectivity index (χ3v) is 5.20. The fraction of sp³-hybridized carbons (Fsp3) is 0.150. The molecule has 1 heterocycles. The molecule has 1 unspecified atom stereocenters. The number of halogens is 2. The molecule has 9 heteroatoms. The molecule has 2 N–H and O–H groups in total. The Kier molecular flexibility index (Phi) is 7.09. The SMILES string of the molecule is CC(OC(=O)c1csc(NCc2ccccc2)n1)C(=O)Nc1cc(Cl)ccc1Cl. The molecule has 2 aromatic carbocycles. The minimum atomic E-state index is -1.04. The van der Waals surface area contributed by atoms with E-state index < -0.39 is 18.0 Å². The highest BCUT2D eigenvalue weighted by Gasteiger charge is 2.21. The molecule has 0 fully saturated rings. The van der Waals surface area contributed by atoms with Gasteiger partial charge in [-0.2, -0.15) is 0 Å². The van der Waals surface area contributed by atoms with Gasteiger partial charge in [-0.25, -0.2) is 9.78 Å². The van der Waals surface area contributed by atoms with Crippen LogP contribution in [0.5, 0.6) is 0 Å². The summed E-state index contributed by atoms with van der Waals surface area (Å²) < 4.78 is 5.21. The van der Waals surface area contributed by atoms with Crippen molar-refractivity contribution < 1.29 is 14.3 Å². The average Bonchev–Trinajstić information content (AvgIpc) is 3.19. The maximum Gasteiger partial charge on any atom is 0.358 e. The smallest absolute Gasteiger partial charge is 0.358 e. The number of anilines is 2. The fourth-order valence-corrected chi connectivity index (χ4v) is 3.34. The zero-order chi connectivity index (χ0) is 20.8. The molecule has 0 aliphatic heterocycles. The van der Waals surface area contributed by atoms with E-state index in [0.29, 0.717) is 27.4 Å². The van der Waals surface area contributed by atoms with Crippen molar-refractivity contribution in [3.63, 3.8) is 0 Å². The number of esters is 1. The second-order valence-electron chi connectivity index (χ2n) is 6.04. The van der Waals surface area contributed by atoms with Gasteiger partial charge in [-0.05, 0) is 30.7 Å². The molecule has 0 aliphatic rings. The van der Waals surface area contributed by atoms with Gasteiger partial charge in [0.25, 0.3) is 5.91 Å². The highest BCUT2D eigenvalue weighted by atomic mass is 35.5. The zero-order valence-electron chi connectivity index (χ0n) is 15.3. The molecule has 0 spiro atoms. The Labute approximate surface area is 181 Å². The number of aromatic nitrogens is 1. The molecule has 0 radical (unpaired) electrons. The topological polar surface area (TPSA) is 80.3 Å². The summed E-state index contributed by atoms with van der Waals surface area (Å²) in [5.41, 5.74) is 1.57. The van der Waals surface area contributed by atoms with E-state index >= 15 is 0 Å². The van der Waals surface area contributed by atoms with Crippen LogP contribution in [0.15, 0.2) is 53.9 Å². The number of amides is 1. The van der Waals surface area contributed by atoms with Gasteiger partial charge >= 0.3 is 5.97 Å². The van der Waals surface area contributed by atoms with Crippen molar-refractivity contribution in [2.24, 2.45) is 0 Å². The number of thiazole rings is 1. The van der Waals surface area contributed by atoms with E-state index in [1.807, 2.05) is 30.3 Å². The van der Waals surface area contributed by atoms with Crippen LogP contribution in [0.2, 0.25) is 10.0 Å². The summed E-state index contributed by atoms with van der Waals surface area (Å²) in [6.07, 6.45) is -1.04. The molecule has 3 rings (SSSR count). The molecule has 0 saturated carbocycles. The van der Waals surface area contributed by atoms with E-state index in [1.54, 1.807) is 17.5 Å². The summed E-state index contributed by atoms with van der Waals surface area (Å²) in [5, 5.41) is 8.65. The van der Waals surface area contributed by atoms with E-state index in [1.165, 1.54) is 24.3 Å². The van der Waals surface area contributed by atoms with E-state index in [-0.39, 0.29) is 5.69 Å². The first-order chi connectivity index (χ1) is 13.9. The van der Waals surface area contributed by atoms with Crippen molar-refractivity contribution in [1.82, 2.24) is 4.98 Å². The van der Waals surface area contributed by atoms with Gasteiger partial charge < -0.3 is 15.4 Å². The fourth-order valence-electron chi connectivity index (χ4n) is 2.32. The molecular weight excluding hydrogens is 433 g/mol. The third-order valence-electron chi connectivity index (χ3n) is 3.84. The van der Waals surface area contributed by atoms with Crippen molar-refractivity contribution >= 4 is 57.2 Å². The Hall–Kier alpha value is -2.61. The molecule has 6 nitrogen and oxygen atoms in total. The number of ether oxygens (including phenoxy) is 1. The summed E-state index contributed by atoms with van der Waals surface area (Å²) in [6.45, 7) is 2.05. The molecule has 150 valence electrons. The normalized spacial score (nSPS) is 11.6. The van der Waals surface area contributed by atoms with Gasteiger partial charge in [-0.15, -0.1) is 11.3 Å². The van der Waals surface area contributed by atoms with Gasteiger partial charge in [0.1, 0.15) is 0 Å². The van der Waals surface area contributed by atoms with Crippen LogP contribution in [0.4, 0.5) is 10.8 Å². The van der Waals surface area contributed by atoms with E-state index in [4.69, 9.17) is 27.9 Å². The summed E-state index contributed by atoms with van der Waals surface area (Å²) in [7, 11) is 0. The monoisotopic (exact) mass is 449 g/mol. The lowest BCUT2D eigenvalue weighted by Crippen LogP contribution is -2.30. The molecule has 3 aromatic rings. The van der Waals surface area contributed by atoms with E-state index in [0.717, 1.165) is 5.56 Å². The summed E-state index contributed by atoms with van der Waals surface area (Å²) in [6, 6.07) is 14.5. The second-order valence-corrected chi connectivity index (χ2v) is 7.74. The quantitative estimate of drug-likeness (QED) is 0.481. The van der Waals surface area contributed by atoms with Crippen molar-refractivity contribution in [1.29, 1.82) is 0 Å². The first-order valence-corrected chi connectivity index (χ1v) is 10.3. The van der Waals surface area contributed by atoms with Crippen LogP contribution in [0, 0.1) is 0 Å². The lowest BCUT2D eigenvalue weighted by Gasteiger charge is -2.13. The van der Waals surface area contributed by atoms with Gasteiger partial charge in [0, 0.05) is 16.9 Å². The Morgan fingerprint density at radius 3 is 2.69 bits per heavy atom. The number of carbonyl (C=O) groups is 2. The standard InChI is InChI=1S/C20H17Cl2N3O3S/c1-12(18(26)24-16-9-14(21)7-8-15(16)22)28-19(27)17-11-29-20(25-17)23-10-13-5-3-2-4-6-13/h2-9,11-12H,10H2,1H3,(H,23,25)(H,24,26). The molecule has 1 aromatic heterocycles. The van der Waals surface area contributed by atoms with Crippen LogP contribution in [-0.2, 0) is 16.1 Å². The van der Waals surface area contributed by atoms with Gasteiger partial charge in [0.15, 0.2) is 16.9 Å². The predicted octanol–water partition coefficient (Wildman–Crippen LogP) is 5.25. The number of hydrogen-bond donors (Lipinski definition) is 2. The van der Waals surface area contributed by atoms with Crippen LogP contribution in [-0.4, -0.2) is 23.0 Å². The van der Waals surface area contributed by atoms with Crippen LogP contribution in [0.1, 0.15) is 23.0 Å². The number of nitrogens with one attached hydrogen (secondary N) is 2. The van der Waals surface area contributed by atoms with Crippen LogP contribution in [0.25, 0.3) is 0 Å². The highest BCUT2D eigenvalue weighted by molar-refractivity contribution is 7.13. The lowest BCUT2D eigenvalue weighted by atomic mass is 10.2. The van der Waals surface area contributed by atoms with Crippen molar-refractivity contribution in [2.75, 3.05) is 10.6 Å². The second kappa shape index (κ2) is 9.73. The maximum atomic E-state index is 12.3. The summed E-state index contributed by atoms with van der Waals surface area (Å²) in [5.74, 6) is -1.21. The van der Waals surface area contributed by atoms with Gasteiger partial charge in [0.2, 0.25) is 0 Å². The van der Waals surface area contributed by atoms with Gasteiger partial charge in [0.05, 0.1) is 10.7 Å². The van der Waals surface area contributed by atoms with Crippen molar-refractivity contribution in [3.8, 4) is 0 Å². The molecule has 1 atom stereocenters. The molecule has 0 aliphatic carbocycles. The summed E-state index contributed by atoms with van der Waals surface area (Å²) >= 11 is 13.2. The van der Waals surface area contributed by atoms with Gasteiger partial charge in [-0.3, -0.25) is 4.79 Å². The largest absolute Gasteiger partial charge is 0.448 e. The van der Waals surface area contributed by atoms with E-state index in [2.05, 4.69) is 15.6 Å². The van der Waals surface area contributed by atoms with Crippen LogP contribution >= 0.6 is 34.5 Å². The van der Waals surface area contributed by atoms with Crippen LogP contribution < -0.4 is 10.6 Å². The van der Waals surface area contributed by atoms with Crippen molar-refractivity contribution in [2.45, 2.75) is 19.6 Å².